The zero-order valence-electron chi connectivity index (χ0n) is 13.5. The highest BCUT2D eigenvalue weighted by atomic mass is 15.3. The highest BCUT2D eigenvalue weighted by Crippen LogP contribution is 2.23. The van der Waals surface area contributed by atoms with E-state index in [0.717, 1.165) is 39.0 Å². The molecule has 1 aliphatic rings. The Bertz CT molecular complexity index is 410. The zero-order chi connectivity index (χ0) is 14.6. The Balaban J connectivity index is 2.05. The van der Waals surface area contributed by atoms with E-state index in [1.54, 1.807) is 0 Å². The van der Waals surface area contributed by atoms with Gasteiger partial charge in [-0.1, -0.05) is 20.8 Å². The van der Waals surface area contributed by atoms with E-state index >= 15 is 0 Å². The van der Waals surface area contributed by atoms with Crippen LogP contribution in [0, 0.1) is 0 Å². The van der Waals surface area contributed by atoms with E-state index in [-0.39, 0.29) is 5.54 Å². The molecule has 0 bridgehead atoms. The Labute approximate surface area is 123 Å². The van der Waals surface area contributed by atoms with Crippen molar-refractivity contribution in [3.63, 3.8) is 0 Å². The maximum absolute atomic E-state index is 4.80. The van der Waals surface area contributed by atoms with E-state index in [9.17, 15) is 0 Å². The number of nitrogens with one attached hydrogen (secondary N) is 1. The lowest BCUT2D eigenvalue weighted by Gasteiger charge is -2.44. The summed E-state index contributed by atoms with van der Waals surface area (Å²) in [5.41, 5.74) is 1.47. The van der Waals surface area contributed by atoms with Crippen molar-refractivity contribution in [2.45, 2.75) is 65.1 Å². The minimum absolute atomic E-state index is 0.261. The highest BCUT2D eigenvalue weighted by molar-refractivity contribution is 5.03. The highest BCUT2D eigenvalue weighted by Gasteiger charge is 2.32. The Morgan fingerprint density at radius 1 is 1.35 bits per heavy atom. The third-order valence-corrected chi connectivity index (χ3v) is 4.92. The molecule has 1 aromatic heterocycles. The summed E-state index contributed by atoms with van der Waals surface area (Å²) in [4.78, 5) is 2.59. The van der Waals surface area contributed by atoms with E-state index in [1.165, 1.54) is 12.1 Å². The average molecular weight is 278 g/mol. The van der Waals surface area contributed by atoms with Crippen molar-refractivity contribution in [2.75, 3.05) is 19.6 Å². The molecule has 1 aliphatic heterocycles. The minimum Gasteiger partial charge on any atom is -0.314 e. The van der Waals surface area contributed by atoms with Gasteiger partial charge in [-0.2, -0.15) is 5.10 Å². The molecule has 114 valence electrons. The molecule has 0 spiro atoms. The van der Waals surface area contributed by atoms with Crippen LogP contribution in [0.5, 0.6) is 0 Å². The van der Waals surface area contributed by atoms with E-state index in [0.29, 0.717) is 6.04 Å². The van der Waals surface area contributed by atoms with Crippen LogP contribution in [0.2, 0.25) is 0 Å². The van der Waals surface area contributed by atoms with Crippen molar-refractivity contribution < 1.29 is 0 Å². The summed E-state index contributed by atoms with van der Waals surface area (Å²) in [5.74, 6) is 0. The molecule has 0 aliphatic carbocycles. The second-order valence-corrected chi connectivity index (χ2v) is 6.21. The van der Waals surface area contributed by atoms with Gasteiger partial charge in [-0.3, -0.25) is 9.58 Å². The number of hydrogen-bond acceptors (Lipinski definition) is 3. The van der Waals surface area contributed by atoms with E-state index in [4.69, 9.17) is 5.10 Å². The number of piperazine rings is 1. The molecular formula is C16H30N4. The molecule has 1 N–H and O–H groups in total. The third-order valence-electron chi connectivity index (χ3n) is 4.92. The Kier molecular flexibility index (Phi) is 5.22. The van der Waals surface area contributed by atoms with Crippen molar-refractivity contribution in [1.82, 2.24) is 20.0 Å². The molecule has 0 radical (unpaired) electrons. The molecule has 1 unspecified atom stereocenters. The molecule has 0 amide bonds. The van der Waals surface area contributed by atoms with Crippen LogP contribution in [-0.4, -0.2) is 39.9 Å². The quantitative estimate of drug-likeness (QED) is 0.868. The predicted molar refractivity (Wildman–Crippen MR) is 83.8 cm³/mol. The Hall–Kier alpha value is -0.870. The summed E-state index contributed by atoms with van der Waals surface area (Å²) in [7, 11) is 0. The first kappa shape index (κ1) is 15.5. The molecular weight excluding hydrogens is 248 g/mol. The molecule has 4 nitrogen and oxygen atoms in total. The first-order valence-electron chi connectivity index (χ1n) is 8.12. The van der Waals surface area contributed by atoms with Gasteiger partial charge < -0.3 is 5.32 Å². The Morgan fingerprint density at radius 3 is 2.75 bits per heavy atom. The normalized spacial score (nSPS) is 24.4. The molecule has 1 aromatic rings. The third kappa shape index (κ3) is 3.23. The smallest absolute Gasteiger partial charge is 0.0765 e. The van der Waals surface area contributed by atoms with Gasteiger partial charge in [0.05, 0.1) is 11.7 Å². The summed E-state index contributed by atoms with van der Waals surface area (Å²) in [6, 6.07) is 2.74. The standard InChI is InChI=1S/C16H30N4/c1-5-15(6-2)20-10-8-14(18-20)12-19-11-9-17-13-16(19,4)7-3/h8,10,15,17H,5-7,9,11-13H2,1-4H3. The number of rotatable bonds is 6. The lowest BCUT2D eigenvalue weighted by Crippen LogP contribution is -2.58. The van der Waals surface area contributed by atoms with E-state index < -0.39 is 0 Å². The molecule has 1 saturated heterocycles. The summed E-state index contributed by atoms with van der Waals surface area (Å²) in [5, 5.41) is 8.32. The fraction of sp³-hybridized carbons (Fsp3) is 0.812. The van der Waals surface area contributed by atoms with Crippen molar-refractivity contribution in [2.24, 2.45) is 0 Å². The second kappa shape index (κ2) is 6.72. The predicted octanol–water partition coefficient (Wildman–Crippen LogP) is 2.82. The first-order chi connectivity index (χ1) is 9.62. The summed E-state index contributed by atoms with van der Waals surface area (Å²) >= 11 is 0. The fourth-order valence-corrected chi connectivity index (χ4v) is 3.10. The van der Waals surface area contributed by atoms with Gasteiger partial charge in [0.1, 0.15) is 0 Å². The van der Waals surface area contributed by atoms with Gasteiger partial charge in [-0.05, 0) is 32.3 Å². The average Bonchev–Trinajstić information content (AvgIpc) is 2.91. The van der Waals surface area contributed by atoms with Crippen LogP contribution in [0.15, 0.2) is 12.3 Å². The number of aromatic nitrogens is 2. The maximum atomic E-state index is 4.80. The van der Waals surface area contributed by atoms with Gasteiger partial charge in [-0.15, -0.1) is 0 Å². The molecule has 2 rings (SSSR count). The summed E-state index contributed by atoms with van der Waals surface area (Å²) in [6.07, 6.45) is 5.63. The number of hydrogen-bond donors (Lipinski definition) is 1. The SMILES string of the molecule is CCC(CC)n1ccc(CN2CCNCC2(C)CC)n1. The molecule has 0 aromatic carbocycles. The van der Waals surface area contributed by atoms with Crippen molar-refractivity contribution in [3.05, 3.63) is 18.0 Å². The monoisotopic (exact) mass is 278 g/mol. The van der Waals surface area contributed by atoms with Crippen LogP contribution in [-0.2, 0) is 6.54 Å². The van der Waals surface area contributed by atoms with Gasteiger partial charge in [0.15, 0.2) is 0 Å². The molecule has 4 heteroatoms. The van der Waals surface area contributed by atoms with Crippen LogP contribution in [0.3, 0.4) is 0 Å². The molecule has 20 heavy (non-hydrogen) atoms. The molecule has 2 heterocycles. The van der Waals surface area contributed by atoms with Crippen molar-refractivity contribution >= 4 is 0 Å². The Morgan fingerprint density at radius 2 is 2.10 bits per heavy atom. The van der Waals surface area contributed by atoms with Crippen LogP contribution < -0.4 is 5.32 Å². The first-order valence-corrected chi connectivity index (χ1v) is 8.12. The van der Waals surface area contributed by atoms with E-state index in [2.05, 4.69) is 54.9 Å². The van der Waals surface area contributed by atoms with Crippen LogP contribution in [0.25, 0.3) is 0 Å². The largest absolute Gasteiger partial charge is 0.314 e. The fourth-order valence-electron chi connectivity index (χ4n) is 3.10. The second-order valence-electron chi connectivity index (χ2n) is 6.21. The van der Waals surface area contributed by atoms with Gasteiger partial charge in [-0.25, -0.2) is 0 Å². The van der Waals surface area contributed by atoms with Gasteiger partial charge in [0.2, 0.25) is 0 Å². The van der Waals surface area contributed by atoms with Crippen LogP contribution in [0.4, 0.5) is 0 Å². The van der Waals surface area contributed by atoms with Crippen molar-refractivity contribution in [1.29, 1.82) is 0 Å². The maximum Gasteiger partial charge on any atom is 0.0765 e. The lowest BCUT2D eigenvalue weighted by atomic mass is 9.94. The topological polar surface area (TPSA) is 33.1 Å². The van der Waals surface area contributed by atoms with E-state index in [1.807, 2.05) is 0 Å². The molecule has 1 fully saturated rings. The summed E-state index contributed by atoms with van der Waals surface area (Å²) in [6.45, 7) is 13.4. The van der Waals surface area contributed by atoms with Gasteiger partial charge in [0.25, 0.3) is 0 Å². The van der Waals surface area contributed by atoms with Gasteiger partial charge >= 0.3 is 0 Å². The molecule has 1 atom stereocenters. The number of nitrogens with zero attached hydrogens (tertiary/aromatic N) is 3. The summed E-state index contributed by atoms with van der Waals surface area (Å²) < 4.78 is 2.15. The van der Waals surface area contributed by atoms with Gasteiger partial charge in [0, 0.05) is 37.9 Å². The van der Waals surface area contributed by atoms with Crippen molar-refractivity contribution in [3.8, 4) is 0 Å². The lowest BCUT2D eigenvalue weighted by molar-refractivity contribution is 0.0622. The van der Waals surface area contributed by atoms with Crippen LogP contribution in [0.1, 0.15) is 58.7 Å². The minimum atomic E-state index is 0.261. The zero-order valence-corrected chi connectivity index (χ0v) is 13.5. The van der Waals surface area contributed by atoms with Crippen LogP contribution >= 0.6 is 0 Å². The molecule has 0 saturated carbocycles.